The summed E-state index contributed by atoms with van der Waals surface area (Å²) in [5, 5.41) is 0. The molecule has 212 valence electrons. The van der Waals surface area contributed by atoms with Gasteiger partial charge in [-0.05, 0) is 66.2 Å². The fourth-order valence-electron chi connectivity index (χ4n) is 4.30. The number of rotatable bonds is 9. The second-order valence-corrected chi connectivity index (χ2v) is 9.12. The Morgan fingerprint density at radius 3 is 2.20 bits per heavy atom. The number of carbonyl (C=O) groups excluding carboxylic acids is 2. The number of hydrogen-bond donors (Lipinski definition) is 0. The number of halogens is 1. The molecule has 0 N–H and O–H groups in total. The Balaban J connectivity index is 0.000000296. The predicted octanol–water partition coefficient (Wildman–Crippen LogP) is 7.40. The Morgan fingerprint density at radius 2 is 1.56 bits per heavy atom. The summed E-state index contributed by atoms with van der Waals surface area (Å²) in [7, 11) is 3.22. The molecule has 1 unspecified atom stereocenters. The molecule has 1 fully saturated rings. The van der Waals surface area contributed by atoms with Crippen LogP contribution in [0.1, 0.15) is 40.9 Å². The van der Waals surface area contributed by atoms with Gasteiger partial charge in [-0.2, -0.15) is 0 Å². The standard InChI is InChI=1S/C24H23NO5.C9H9FO/c1-27-19-10-8-18(9-11-19)25-22(16-30-24(25)26)21-13-12-20(28-2)14-23(21)29-15-17-6-4-3-5-7-17;1-2-9(11)7-3-5-8(10)6-4-7/h3-14,22H,15-16H2,1-2H3;3-6H,2H2,1H3. The van der Waals surface area contributed by atoms with Gasteiger partial charge in [-0.15, -0.1) is 0 Å². The molecule has 1 aliphatic rings. The van der Waals surface area contributed by atoms with Crippen LogP contribution in [0.15, 0.2) is 97.1 Å². The third kappa shape index (κ3) is 7.42. The first-order valence-electron chi connectivity index (χ1n) is 13.2. The summed E-state index contributed by atoms with van der Waals surface area (Å²) in [5.41, 5.74) is 3.22. The molecule has 1 heterocycles. The zero-order valence-corrected chi connectivity index (χ0v) is 23.2. The van der Waals surface area contributed by atoms with Crippen molar-refractivity contribution in [2.24, 2.45) is 0 Å². The quantitative estimate of drug-likeness (QED) is 0.200. The second kappa shape index (κ2) is 14.0. The Labute approximate surface area is 239 Å². The van der Waals surface area contributed by atoms with Crippen molar-refractivity contribution in [3.05, 3.63) is 120 Å². The average molecular weight is 558 g/mol. The highest BCUT2D eigenvalue weighted by molar-refractivity contribution is 5.95. The number of Topliss-reactive ketones (excluding diaryl/α,β-unsaturated/α-hetero) is 1. The van der Waals surface area contributed by atoms with E-state index < -0.39 is 6.09 Å². The monoisotopic (exact) mass is 557 g/mol. The lowest BCUT2D eigenvalue weighted by atomic mass is 10.0. The molecule has 0 aliphatic carbocycles. The van der Waals surface area contributed by atoms with Crippen LogP contribution in [0.3, 0.4) is 0 Å². The van der Waals surface area contributed by atoms with E-state index >= 15 is 0 Å². The van der Waals surface area contributed by atoms with Gasteiger partial charge in [0.1, 0.15) is 42.3 Å². The van der Waals surface area contributed by atoms with Gasteiger partial charge < -0.3 is 18.9 Å². The van der Waals surface area contributed by atoms with Crippen molar-refractivity contribution >= 4 is 17.6 Å². The molecule has 0 aromatic heterocycles. The summed E-state index contributed by atoms with van der Waals surface area (Å²) < 4.78 is 34.5. The molecule has 0 saturated carbocycles. The number of ketones is 1. The van der Waals surface area contributed by atoms with Gasteiger partial charge in [-0.25, -0.2) is 9.18 Å². The first-order chi connectivity index (χ1) is 19.9. The van der Waals surface area contributed by atoms with E-state index in [0.29, 0.717) is 30.1 Å². The first kappa shape index (κ1) is 29.1. The van der Waals surface area contributed by atoms with E-state index in [1.165, 1.54) is 24.3 Å². The van der Waals surface area contributed by atoms with Gasteiger partial charge in [0.15, 0.2) is 5.78 Å². The maximum atomic E-state index is 12.5. The van der Waals surface area contributed by atoms with Crippen LogP contribution in [0.5, 0.6) is 17.2 Å². The molecule has 1 saturated heterocycles. The third-order valence-electron chi connectivity index (χ3n) is 6.53. The predicted molar refractivity (Wildman–Crippen MR) is 154 cm³/mol. The van der Waals surface area contributed by atoms with Gasteiger partial charge in [0, 0.05) is 29.3 Å². The maximum absolute atomic E-state index is 12.5. The fourth-order valence-corrected chi connectivity index (χ4v) is 4.30. The number of ether oxygens (including phenoxy) is 4. The molecular weight excluding hydrogens is 525 g/mol. The van der Waals surface area contributed by atoms with Crippen LogP contribution < -0.4 is 19.1 Å². The van der Waals surface area contributed by atoms with Crippen molar-refractivity contribution < 1.29 is 32.9 Å². The van der Waals surface area contributed by atoms with E-state index in [2.05, 4.69) is 0 Å². The largest absolute Gasteiger partial charge is 0.497 e. The number of cyclic esters (lactones) is 1. The molecule has 1 aliphatic heterocycles. The van der Waals surface area contributed by atoms with E-state index in [1.807, 2.05) is 72.8 Å². The number of anilines is 1. The number of hydrogen-bond acceptors (Lipinski definition) is 6. The minimum Gasteiger partial charge on any atom is -0.497 e. The molecule has 7 nitrogen and oxygen atoms in total. The van der Waals surface area contributed by atoms with Crippen molar-refractivity contribution in [2.45, 2.75) is 26.0 Å². The van der Waals surface area contributed by atoms with Crippen LogP contribution in [-0.4, -0.2) is 32.7 Å². The van der Waals surface area contributed by atoms with Crippen molar-refractivity contribution in [2.75, 3.05) is 25.7 Å². The zero-order valence-electron chi connectivity index (χ0n) is 23.2. The molecule has 0 radical (unpaired) electrons. The van der Waals surface area contributed by atoms with Crippen LogP contribution >= 0.6 is 0 Å². The summed E-state index contributed by atoms with van der Waals surface area (Å²) in [6.07, 6.45) is 0.0704. The van der Waals surface area contributed by atoms with Gasteiger partial charge in [0.25, 0.3) is 0 Å². The molecule has 41 heavy (non-hydrogen) atoms. The number of carbonyl (C=O) groups is 2. The second-order valence-electron chi connectivity index (χ2n) is 9.12. The van der Waals surface area contributed by atoms with E-state index in [-0.39, 0.29) is 24.2 Å². The van der Waals surface area contributed by atoms with Crippen LogP contribution in [0.25, 0.3) is 0 Å². The van der Waals surface area contributed by atoms with Gasteiger partial charge in [0.05, 0.1) is 14.2 Å². The van der Waals surface area contributed by atoms with Crippen LogP contribution in [0.4, 0.5) is 14.9 Å². The van der Waals surface area contributed by atoms with Gasteiger partial charge >= 0.3 is 6.09 Å². The average Bonchev–Trinajstić information content (AvgIpc) is 3.41. The minimum atomic E-state index is -0.394. The number of methoxy groups -OCH3 is 2. The molecule has 4 aromatic rings. The summed E-state index contributed by atoms with van der Waals surface area (Å²) >= 11 is 0. The highest BCUT2D eigenvalue weighted by atomic mass is 19.1. The first-order valence-corrected chi connectivity index (χ1v) is 13.2. The van der Waals surface area contributed by atoms with Crippen LogP contribution in [0.2, 0.25) is 0 Å². The minimum absolute atomic E-state index is 0.0463. The van der Waals surface area contributed by atoms with Crippen molar-refractivity contribution in [1.29, 1.82) is 0 Å². The summed E-state index contributed by atoms with van der Waals surface area (Å²) in [5.74, 6) is 1.80. The molecule has 0 spiro atoms. The lowest BCUT2D eigenvalue weighted by Gasteiger charge is -2.24. The van der Waals surface area contributed by atoms with Crippen molar-refractivity contribution in [3.8, 4) is 17.2 Å². The van der Waals surface area contributed by atoms with Gasteiger partial charge in [-0.1, -0.05) is 37.3 Å². The number of benzene rings is 4. The van der Waals surface area contributed by atoms with E-state index in [4.69, 9.17) is 18.9 Å². The Hall–Kier alpha value is -4.85. The summed E-state index contributed by atoms with van der Waals surface area (Å²) in [6.45, 7) is 2.43. The van der Waals surface area contributed by atoms with Crippen molar-refractivity contribution in [3.63, 3.8) is 0 Å². The Morgan fingerprint density at radius 1 is 0.902 bits per heavy atom. The molecule has 4 aromatic carbocycles. The fraction of sp³-hybridized carbons (Fsp3) is 0.212. The van der Waals surface area contributed by atoms with E-state index in [1.54, 1.807) is 26.0 Å². The molecule has 1 atom stereocenters. The van der Waals surface area contributed by atoms with Crippen LogP contribution in [0, 0.1) is 5.82 Å². The van der Waals surface area contributed by atoms with Gasteiger partial charge in [0.2, 0.25) is 0 Å². The van der Waals surface area contributed by atoms with Crippen LogP contribution in [-0.2, 0) is 11.3 Å². The third-order valence-corrected chi connectivity index (χ3v) is 6.53. The Kier molecular flexibility index (Phi) is 9.94. The lowest BCUT2D eigenvalue weighted by molar-refractivity contribution is 0.0988. The molecule has 5 rings (SSSR count). The summed E-state index contributed by atoms with van der Waals surface area (Å²) in [6, 6.07) is 28.1. The lowest BCUT2D eigenvalue weighted by Crippen LogP contribution is -2.27. The normalized spacial score (nSPS) is 14.0. The molecule has 0 bridgehead atoms. The summed E-state index contributed by atoms with van der Waals surface area (Å²) in [4.78, 5) is 25.2. The molecular formula is C33H32FNO6. The maximum Gasteiger partial charge on any atom is 0.415 e. The smallest absolute Gasteiger partial charge is 0.415 e. The van der Waals surface area contributed by atoms with E-state index in [0.717, 1.165) is 22.6 Å². The number of nitrogens with zero attached hydrogens (tertiary/aromatic N) is 1. The number of amides is 1. The SMILES string of the molecule is CCC(=O)c1ccc(F)cc1.COc1ccc(N2C(=O)OCC2c2ccc(OC)cc2OCc2ccccc2)cc1. The van der Waals surface area contributed by atoms with Gasteiger partial charge in [-0.3, -0.25) is 9.69 Å². The zero-order chi connectivity index (χ0) is 29.2. The molecule has 1 amide bonds. The van der Waals surface area contributed by atoms with Crippen molar-refractivity contribution in [1.82, 2.24) is 0 Å². The van der Waals surface area contributed by atoms with E-state index in [9.17, 15) is 14.0 Å². The molecule has 8 heteroatoms. The highest BCUT2D eigenvalue weighted by Gasteiger charge is 2.37. The topological polar surface area (TPSA) is 74.3 Å². The Bertz CT molecular complexity index is 1440. The highest BCUT2D eigenvalue weighted by Crippen LogP contribution is 2.39.